The molecule has 0 bridgehead atoms. The number of hydrogen-bond donors (Lipinski definition) is 0. The van der Waals surface area contributed by atoms with Gasteiger partial charge in [-0.2, -0.15) is 0 Å². The molecule has 0 radical (unpaired) electrons. The Morgan fingerprint density at radius 3 is 2.27 bits per heavy atom. The minimum absolute atomic E-state index is 0.234. The average Bonchev–Trinajstić information content (AvgIpc) is 2.99. The van der Waals surface area contributed by atoms with Crippen LogP contribution in [-0.4, -0.2) is 64.9 Å². The third kappa shape index (κ3) is 7.88. The van der Waals surface area contributed by atoms with Crippen molar-refractivity contribution in [3.8, 4) is 11.5 Å². The Morgan fingerprint density at radius 1 is 1.00 bits per heavy atom. The Labute approximate surface area is 263 Å². The molecule has 1 fully saturated rings. The maximum atomic E-state index is 14.4. The Morgan fingerprint density at radius 2 is 1.68 bits per heavy atom. The molecule has 3 amide bonds. The van der Waals surface area contributed by atoms with E-state index in [2.05, 4.69) is 0 Å². The lowest BCUT2D eigenvalue weighted by Gasteiger charge is -2.43. The average molecular weight is 624 g/mol. The largest absolute Gasteiger partial charge is 0.457 e. The summed E-state index contributed by atoms with van der Waals surface area (Å²) in [7, 11) is 0. The molecule has 1 aliphatic heterocycles. The Hall–Kier alpha value is -4.11. The molecule has 234 valence electrons. The summed E-state index contributed by atoms with van der Waals surface area (Å²) >= 11 is 6.13. The quantitative estimate of drug-likeness (QED) is 0.250. The zero-order valence-electron chi connectivity index (χ0n) is 25.8. The predicted molar refractivity (Wildman–Crippen MR) is 169 cm³/mol. The first kappa shape index (κ1) is 32.8. The first-order chi connectivity index (χ1) is 20.9. The number of carbonyl (C=O) groups is 3. The Kier molecular flexibility index (Phi) is 10.5. The molecule has 0 saturated carbocycles. The number of nitrogens with zero attached hydrogens (tertiary/aromatic N) is 3. The molecule has 0 aliphatic carbocycles. The highest BCUT2D eigenvalue weighted by atomic mass is 35.5. The monoisotopic (exact) mass is 623 g/mol. The van der Waals surface area contributed by atoms with Crippen LogP contribution in [0.1, 0.15) is 51.3 Å². The van der Waals surface area contributed by atoms with Crippen LogP contribution < -0.4 is 9.64 Å². The summed E-state index contributed by atoms with van der Waals surface area (Å²) in [6.45, 7) is 9.94. The molecule has 0 aromatic heterocycles. The van der Waals surface area contributed by atoms with Gasteiger partial charge in [0.05, 0.1) is 6.04 Å². The molecule has 10 heteroatoms. The van der Waals surface area contributed by atoms with Crippen LogP contribution in [0.2, 0.25) is 0 Å². The van der Waals surface area contributed by atoms with Gasteiger partial charge in [-0.1, -0.05) is 37.3 Å². The van der Waals surface area contributed by atoms with E-state index in [4.69, 9.17) is 21.1 Å². The number of rotatable bonds is 8. The lowest BCUT2D eigenvalue weighted by Crippen LogP contribution is -2.59. The van der Waals surface area contributed by atoms with Crippen LogP contribution in [-0.2, 0) is 14.3 Å². The summed E-state index contributed by atoms with van der Waals surface area (Å²) in [5.74, 6) is -0.481. The van der Waals surface area contributed by atoms with Gasteiger partial charge < -0.3 is 19.3 Å². The first-order valence-corrected chi connectivity index (χ1v) is 15.2. The minimum atomic E-state index is -1.13. The highest BCUT2D eigenvalue weighted by Crippen LogP contribution is 2.35. The molecule has 0 N–H and O–H groups in total. The molecule has 8 nitrogen and oxygen atoms in total. The third-order valence-corrected chi connectivity index (χ3v) is 7.59. The van der Waals surface area contributed by atoms with Gasteiger partial charge in [0.15, 0.2) is 0 Å². The second kappa shape index (κ2) is 14.1. The zero-order chi connectivity index (χ0) is 32.0. The van der Waals surface area contributed by atoms with Crippen LogP contribution in [0.3, 0.4) is 0 Å². The van der Waals surface area contributed by atoms with Crippen molar-refractivity contribution in [1.82, 2.24) is 9.80 Å². The van der Waals surface area contributed by atoms with Crippen LogP contribution in [0.5, 0.6) is 11.5 Å². The van der Waals surface area contributed by atoms with E-state index in [9.17, 15) is 18.8 Å². The van der Waals surface area contributed by atoms with Crippen molar-refractivity contribution in [2.75, 3.05) is 30.4 Å². The maximum absolute atomic E-state index is 14.4. The summed E-state index contributed by atoms with van der Waals surface area (Å²) in [6, 6.07) is 18.6. The van der Waals surface area contributed by atoms with Gasteiger partial charge in [0.2, 0.25) is 5.91 Å². The van der Waals surface area contributed by atoms with Crippen molar-refractivity contribution in [3.63, 3.8) is 0 Å². The van der Waals surface area contributed by atoms with Crippen molar-refractivity contribution in [1.29, 1.82) is 0 Å². The second-order valence-corrected chi connectivity index (χ2v) is 12.0. The van der Waals surface area contributed by atoms with Gasteiger partial charge in [0.25, 0.3) is 5.91 Å². The summed E-state index contributed by atoms with van der Waals surface area (Å²) < 4.78 is 25.6. The molecular weight excluding hydrogens is 585 g/mol. The van der Waals surface area contributed by atoms with Crippen LogP contribution in [0.4, 0.5) is 14.9 Å². The Bertz CT molecular complexity index is 1460. The first-order valence-electron chi connectivity index (χ1n) is 14.7. The van der Waals surface area contributed by atoms with E-state index >= 15 is 0 Å². The van der Waals surface area contributed by atoms with E-state index in [1.165, 1.54) is 29.2 Å². The van der Waals surface area contributed by atoms with Crippen LogP contribution >= 0.6 is 11.6 Å². The van der Waals surface area contributed by atoms with Gasteiger partial charge in [-0.15, -0.1) is 11.6 Å². The molecule has 3 aromatic rings. The van der Waals surface area contributed by atoms with Gasteiger partial charge in [-0.05, 0) is 87.7 Å². The number of piperazine rings is 1. The van der Waals surface area contributed by atoms with E-state index in [1.807, 2.05) is 65.0 Å². The van der Waals surface area contributed by atoms with Crippen molar-refractivity contribution in [3.05, 3.63) is 89.7 Å². The molecule has 2 atom stereocenters. The fourth-order valence-corrected chi connectivity index (χ4v) is 5.38. The van der Waals surface area contributed by atoms with E-state index in [0.29, 0.717) is 34.7 Å². The highest BCUT2D eigenvalue weighted by molar-refractivity contribution is 6.30. The van der Waals surface area contributed by atoms with E-state index in [1.54, 1.807) is 28.0 Å². The minimum Gasteiger partial charge on any atom is -0.457 e. The number of alkyl halides is 1. The number of halogens is 2. The standard InChI is InChI=1S/C34H39ClFN3O5/c1-6-26-22-37(18-19-38(26)33(42)44-34(3,4)5)32(41)31(24-12-14-25(36)15-13-24)39(30(40)21-35)29-17-16-28(20-23(29)2)43-27-10-8-7-9-11-27/h7-17,20,26,31H,6,18-19,21-22H2,1-5H3/t26?,31-/m0/s1. The van der Waals surface area contributed by atoms with Crippen LogP contribution in [0, 0.1) is 12.7 Å². The number of carbonyl (C=O) groups excluding carboxylic acids is 3. The fraction of sp³-hybridized carbons (Fsp3) is 0.382. The van der Waals surface area contributed by atoms with Gasteiger partial charge in [0.1, 0.15) is 34.8 Å². The number of para-hydroxylation sites is 1. The SMILES string of the molecule is CCC1CN(C(=O)[C@H](c2ccc(F)cc2)N(C(=O)CCl)c2ccc(Oc3ccccc3)cc2C)CCN1C(=O)OC(C)(C)C. The number of hydrogen-bond acceptors (Lipinski definition) is 5. The van der Waals surface area contributed by atoms with E-state index in [-0.39, 0.29) is 37.5 Å². The number of ether oxygens (including phenoxy) is 2. The topological polar surface area (TPSA) is 79.4 Å². The predicted octanol–water partition coefficient (Wildman–Crippen LogP) is 7.10. The summed E-state index contributed by atoms with van der Waals surface area (Å²) in [6.07, 6.45) is 0.162. The normalized spacial score (nSPS) is 15.8. The maximum Gasteiger partial charge on any atom is 0.410 e. The Balaban J connectivity index is 1.69. The smallest absolute Gasteiger partial charge is 0.410 e. The molecule has 1 unspecified atom stereocenters. The molecule has 1 saturated heterocycles. The summed E-state index contributed by atoms with van der Waals surface area (Å²) in [4.78, 5) is 45.6. The summed E-state index contributed by atoms with van der Waals surface area (Å²) in [5.41, 5.74) is 0.926. The molecular formula is C34H39ClFN3O5. The fourth-order valence-electron chi connectivity index (χ4n) is 5.25. The number of benzene rings is 3. The van der Waals surface area contributed by atoms with Gasteiger partial charge in [-0.25, -0.2) is 9.18 Å². The number of anilines is 1. The van der Waals surface area contributed by atoms with Gasteiger partial charge in [-0.3, -0.25) is 14.5 Å². The molecule has 3 aromatic carbocycles. The van der Waals surface area contributed by atoms with Gasteiger partial charge >= 0.3 is 6.09 Å². The van der Waals surface area contributed by atoms with Crippen molar-refractivity contribution in [2.24, 2.45) is 0 Å². The molecule has 1 aliphatic rings. The van der Waals surface area contributed by atoms with Crippen LogP contribution in [0.25, 0.3) is 0 Å². The lowest BCUT2D eigenvalue weighted by atomic mass is 9.99. The second-order valence-electron chi connectivity index (χ2n) is 11.7. The van der Waals surface area contributed by atoms with E-state index < -0.39 is 29.5 Å². The molecule has 44 heavy (non-hydrogen) atoms. The highest BCUT2D eigenvalue weighted by Gasteiger charge is 2.40. The van der Waals surface area contributed by atoms with Gasteiger partial charge in [0, 0.05) is 25.3 Å². The molecule has 0 spiro atoms. The molecule has 1 heterocycles. The zero-order valence-corrected chi connectivity index (χ0v) is 26.5. The summed E-state index contributed by atoms with van der Waals surface area (Å²) in [5, 5.41) is 0. The number of amides is 3. The van der Waals surface area contributed by atoms with Crippen LogP contribution in [0.15, 0.2) is 72.8 Å². The van der Waals surface area contributed by atoms with E-state index in [0.717, 1.165) is 0 Å². The van der Waals surface area contributed by atoms with Crippen molar-refractivity contribution in [2.45, 2.75) is 58.7 Å². The van der Waals surface area contributed by atoms with Crippen molar-refractivity contribution >= 4 is 35.2 Å². The third-order valence-electron chi connectivity index (χ3n) is 7.36. The number of aryl methyl sites for hydroxylation is 1. The van der Waals surface area contributed by atoms with Crippen molar-refractivity contribution < 1.29 is 28.2 Å². The lowest BCUT2D eigenvalue weighted by molar-refractivity contribution is -0.137. The molecule has 4 rings (SSSR count).